The number of aryl methyl sites for hydroxylation is 1. The molecule has 0 aliphatic carbocycles. The standard InChI is InChI=1S/C21H26N2O5S/c1-5-14-21(3,20(25)28-4)22-19(24)16-8-12-18(13-9-16)29(26,27)23-17-10-6-15(2)7-11-17/h6-13,23H,5,14H2,1-4H3,(H,22,24). The number of esters is 1. The Morgan fingerprint density at radius 2 is 1.62 bits per heavy atom. The van der Waals surface area contributed by atoms with Gasteiger partial charge in [-0.15, -0.1) is 0 Å². The lowest BCUT2D eigenvalue weighted by Gasteiger charge is -2.27. The van der Waals surface area contributed by atoms with E-state index in [0.29, 0.717) is 18.5 Å². The summed E-state index contributed by atoms with van der Waals surface area (Å²) in [5, 5.41) is 2.69. The van der Waals surface area contributed by atoms with E-state index in [2.05, 4.69) is 10.0 Å². The van der Waals surface area contributed by atoms with Crippen molar-refractivity contribution >= 4 is 27.6 Å². The predicted molar refractivity (Wildman–Crippen MR) is 111 cm³/mol. The molecule has 156 valence electrons. The minimum absolute atomic E-state index is 0.0268. The second-order valence-corrected chi connectivity index (χ2v) is 8.71. The molecule has 0 saturated heterocycles. The lowest BCUT2D eigenvalue weighted by atomic mass is 9.95. The van der Waals surface area contributed by atoms with Crippen molar-refractivity contribution in [3.05, 3.63) is 59.7 Å². The van der Waals surface area contributed by atoms with Crippen LogP contribution in [0, 0.1) is 6.92 Å². The molecule has 0 heterocycles. The van der Waals surface area contributed by atoms with Crippen LogP contribution in [0.4, 0.5) is 5.69 Å². The van der Waals surface area contributed by atoms with Crippen molar-refractivity contribution in [1.82, 2.24) is 5.32 Å². The van der Waals surface area contributed by atoms with Crippen molar-refractivity contribution in [2.24, 2.45) is 0 Å². The fraction of sp³-hybridized carbons (Fsp3) is 0.333. The summed E-state index contributed by atoms with van der Waals surface area (Å²) in [5.74, 6) is -1.02. The van der Waals surface area contributed by atoms with Crippen molar-refractivity contribution in [2.75, 3.05) is 11.8 Å². The van der Waals surface area contributed by atoms with Crippen LogP contribution < -0.4 is 10.0 Å². The molecule has 0 aliphatic heterocycles. The normalized spacial score (nSPS) is 13.2. The van der Waals surface area contributed by atoms with E-state index < -0.39 is 27.4 Å². The first-order chi connectivity index (χ1) is 13.6. The summed E-state index contributed by atoms with van der Waals surface area (Å²) >= 11 is 0. The number of carbonyl (C=O) groups excluding carboxylic acids is 2. The molecule has 0 saturated carbocycles. The molecule has 1 unspecified atom stereocenters. The van der Waals surface area contributed by atoms with Gasteiger partial charge in [-0.25, -0.2) is 13.2 Å². The van der Waals surface area contributed by atoms with Crippen molar-refractivity contribution < 1.29 is 22.7 Å². The maximum absolute atomic E-state index is 12.6. The smallest absolute Gasteiger partial charge is 0.331 e. The molecule has 8 heteroatoms. The number of methoxy groups -OCH3 is 1. The third kappa shape index (κ3) is 5.57. The fourth-order valence-corrected chi connectivity index (χ4v) is 3.94. The maximum atomic E-state index is 12.6. The van der Waals surface area contributed by atoms with E-state index in [0.717, 1.165) is 5.56 Å². The number of hydrogen-bond acceptors (Lipinski definition) is 5. The van der Waals surface area contributed by atoms with Crippen LogP contribution in [0.15, 0.2) is 53.4 Å². The van der Waals surface area contributed by atoms with Gasteiger partial charge in [0.2, 0.25) is 0 Å². The van der Waals surface area contributed by atoms with E-state index >= 15 is 0 Å². The number of sulfonamides is 1. The quantitative estimate of drug-likeness (QED) is 0.641. The third-order valence-corrected chi connectivity index (χ3v) is 5.90. The minimum atomic E-state index is -3.79. The molecule has 0 radical (unpaired) electrons. The second kappa shape index (κ2) is 9.09. The molecule has 0 aromatic heterocycles. The second-order valence-electron chi connectivity index (χ2n) is 7.02. The van der Waals surface area contributed by atoms with Gasteiger partial charge in [-0.1, -0.05) is 31.0 Å². The van der Waals surface area contributed by atoms with Gasteiger partial charge in [0.05, 0.1) is 12.0 Å². The highest BCUT2D eigenvalue weighted by Crippen LogP contribution is 2.19. The molecule has 2 aromatic carbocycles. The lowest BCUT2D eigenvalue weighted by Crippen LogP contribution is -2.52. The number of benzene rings is 2. The summed E-state index contributed by atoms with van der Waals surface area (Å²) in [6.07, 6.45) is 1.09. The molecule has 7 nitrogen and oxygen atoms in total. The van der Waals surface area contributed by atoms with Crippen molar-refractivity contribution in [1.29, 1.82) is 0 Å². The summed E-state index contributed by atoms with van der Waals surface area (Å²) < 4.78 is 32.4. The van der Waals surface area contributed by atoms with Gasteiger partial charge in [-0.2, -0.15) is 0 Å². The first kappa shape index (κ1) is 22.4. The molecule has 2 aromatic rings. The van der Waals surface area contributed by atoms with Gasteiger partial charge in [0, 0.05) is 11.3 Å². The molecule has 2 rings (SSSR count). The van der Waals surface area contributed by atoms with Crippen LogP contribution in [-0.2, 0) is 19.6 Å². The molecule has 29 heavy (non-hydrogen) atoms. The van der Waals surface area contributed by atoms with Crippen LogP contribution in [0.3, 0.4) is 0 Å². The molecule has 2 N–H and O–H groups in total. The number of ether oxygens (including phenoxy) is 1. The molecule has 1 atom stereocenters. The van der Waals surface area contributed by atoms with Gasteiger partial charge in [-0.05, 0) is 56.7 Å². The maximum Gasteiger partial charge on any atom is 0.331 e. The van der Waals surface area contributed by atoms with Crippen LogP contribution >= 0.6 is 0 Å². The van der Waals surface area contributed by atoms with Crippen LogP contribution in [0.25, 0.3) is 0 Å². The third-order valence-electron chi connectivity index (χ3n) is 4.51. The van der Waals surface area contributed by atoms with Crippen LogP contribution in [-0.4, -0.2) is 32.9 Å². The number of carbonyl (C=O) groups is 2. The summed E-state index contributed by atoms with van der Waals surface area (Å²) in [6.45, 7) is 5.41. The zero-order valence-corrected chi connectivity index (χ0v) is 17.8. The Morgan fingerprint density at radius 1 is 1.03 bits per heavy atom. The SMILES string of the molecule is CCCC(C)(NC(=O)c1ccc(S(=O)(=O)Nc2ccc(C)cc2)cc1)C(=O)OC. The van der Waals surface area contributed by atoms with Crippen LogP contribution in [0.5, 0.6) is 0 Å². The average molecular weight is 419 g/mol. The average Bonchev–Trinajstić information content (AvgIpc) is 2.69. The molecular formula is C21H26N2O5S. The Morgan fingerprint density at radius 3 is 2.14 bits per heavy atom. The largest absolute Gasteiger partial charge is 0.467 e. The zero-order valence-electron chi connectivity index (χ0n) is 17.0. The van der Waals surface area contributed by atoms with E-state index in [1.165, 1.54) is 31.4 Å². The molecule has 0 aliphatic rings. The number of hydrogen-bond donors (Lipinski definition) is 2. The van der Waals surface area contributed by atoms with Gasteiger partial charge >= 0.3 is 5.97 Å². The Bertz CT molecular complexity index is 969. The van der Waals surface area contributed by atoms with Gasteiger partial charge in [0.1, 0.15) is 5.54 Å². The summed E-state index contributed by atoms with van der Waals surface area (Å²) in [4.78, 5) is 24.6. The van der Waals surface area contributed by atoms with Crippen molar-refractivity contribution in [3.63, 3.8) is 0 Å². The number of amides is 1. The molecule has 0 spiro atoms. The van der Waals surface area contributed by atoms with E-state index in [1.807, 2.05) is 13.8 Å². The van der Waals surface area contributed by atoms with Gasteiger partial charge in [0.25, 0.3) is 15.9 Å². The molecule has 0 bridgehead atoms. The highest BCUT2D eigenvalue weighted by molar-refractivity contribution is 7.92. The Balaban J connectivity index is 2.17. The summed E-state index contributed by atoms with van der Waals surface area (Å²) in [6, 6.07) is 12.5. The first-order valence-corrected chi connectivity index (χ1v) is 10.7. The first-order valence-electron chi connectivity index (χ1n) is 9.22. The highest BCUT2D eigenvalue weighted by atomic mass is 32.2. The number of nitrogens with one attached hydrogen (secondary N) is 2. The Hall–Kier alpha value is -2.87. The summed E-state index contributed by atoms with van der Waals surface area (Å²) in [7, 11) is -2.52. The van der Waals surface area contributed by atoms with Crippen molar-refractivity contribution in [2.45, 2.75) is 44.0 Å². The Labute approximate surface area is 171 Å². The summed E-state index contributed by atoms with van der Waals surface area (Å²) in [5.41, 5.74) is 0.555. The highest BCUT2D eigenvalue weighted by Gasteiger charge is 2.35. The molecule has 1 amide bonds. The van der Waals surface area contributed by atoms with Gasteiger partial charge in [-0.3, -0.25) is 9.52 Å². The van der Waals surface area contributed by atoms with Gasteiger partial charge < -0.3 is 10.1 Å². The van der Waals surface area contributed by atoms with E-state index in [-0.39, 0.29) is 10.5 Å². The molecule has 0 fully saturated rings. The monoisotopic (exact) mass is 418 g/mol. The lowest BCUT2D eigenvalue weighted by molar-refractivity contribution is -0.147. The van der Waals surface area contributed by atoms with E-state index in [4.69, 9.17) is 4.74 Å². The van der Waals surface area contributed by atoms with Crippen LogP contribution in [0.2, 0.25) is 0 Å². The van der Waals surface area contributed by atoms with E-state index in [9.17, 15) is 18.0 Å². The zero-order chi connectivity index (χ0) is 21.7. The van der Waals surface area contributed by atoms with Crippen LogP contribution in [0.1, 0.15) is 42.6 Å². The predicted octanol–water partition coefficient (Wildman–Crippen LogP) is 3.26. The Kier molecular flexibility index (Phi) is 7.02. The minimum Gasteiger partial charge on any atom is -0.467 e. The van der Waals surface area contributed by atoms with Crippen molar-refractivity contribution in [3.8, 4) is 0 Å². The topological polar surface area (TPSA) is 102 Å². The van der Waals surface area contributed by atoms with Gasteiger partial charge in [0.15, 0.2) is 0 Å². The van der Waals surface area contributed by atoms with E-state index in [1.54, 1.807) is 31.2 Å². The number of rotatable bonds is 8. The number of anilines is 1. The molecular weight excluding hydrogens is 392 g/mol. The fourth-order valence-electron chi connectivity index (χ4n) is 2.88.